The Kier molecular flexibility index (Phi) is 4.24. The summed E-state index contributed by atoms with van der Waals surface area (Å²) in [6.45, 7) is 3.16. The van der Waals surface area contributed by atoms with Gasteiger partial charge >= 0.3 is 0 Å². The van der Waals surface area contributed by atoms with Crippen molar-refractivity contribution in [2.75, 3.05) is 19.4 Å². The molecule has 0 aliphatic carbocycles. The number of aldehydes is 1. The topological polar surface area (TPSA) is 81.3 Å². The molecule has 138 valence electrons. The maximum absolute atomic E-state index is 14.9. The first-order valence-corrected chi connectivity index (χ1v) is 8.69. The fourth-order valence-electron chi connectivity index (χ4n) is 3.78. The van der Waals surface area contributed by atoms with Gasteiger partial charge in [0.25, 0.3) is 0 Å². The number of hydrogen-bond acceptors (Lipinski definition) is 6. The molecule has 1 aliphatic rings. The minimum Gasteiger partial charge on any atom is -0.481 e. The molecule has 1 unspecified atom stereocenters. The molecule has 0 amide bonds. The van der Waals surface area contributed by atoms with E-state index >= 15 is 0 Å². The van der Waals surface area contributed by atoms with Crippen LogP contribution in [0.3, 0.4) is 0 Å². The average Bonchev–Trinajstić information content (AvgIpc) is 3.06. The molecule has 0 saturated heterocycles. The van der Waals surface area contributed by atoms with Crippen molar-refractivity contribution in [2.45, 2.75) is 19.5 Å². The molecule has 0 fully saturated rings. The number of hydrogen-bond donors (Lipinski definition) is 1. The van der Waals surface area contributed by atoms with E-state index in [1.165, 1.54) is 13.2 Å². The lowest BCUT2D eigenvalue weighted by atomic mass is 9.97. The van der Waals surface area contributed by atoms with Crippen molar-refractivity contribution in [1.82, 2.24) is 14.9 Å². The number of aromatic nitrogens is 2. The highest BCUT2D eigenvalue weighted by molar-refractivity contribution is 6.02. The van der Waals surface area contributed by atoms with Gasteiger partial charge in [0, 0.05) is 40.5 Å². The van der Waals surface area contributed by atoms with Crippen LogP contribution >= 0.6 is 0 Å². The first-order valence-electron chi connectivity index (χ1n) is 8.69. The number of halogens is 1. The first-order chi connectivity index (χ1) is 13.1. The molecule has 3 heterocycles. The Balaban J connectivity index is 2.05. The lowest BCUT2D eigenvalue weighted by Crippen LogP contribution is -2.22. The van der Waals surface area contributed by atoms with Gasteiger partial charge < -0.3 is 15.3 Å². The SMILES string of the molecule is CCN1Cc2nc3c(-c4cccnc4OC)c(F)ccc3c(N)c2C1C=O. The Labute approximate surface area is 155 Å². The monoisotopic (exact) mass is 366 g/mol. The number of carbonyl (C=O) groups is 1. The van der Waals surface area contributed by atoms with Crippen LogP contribution in [0.4, 0.5) is 10.1 Å². The largest absolute Gasteiger partial charge is 0.481 e. The van der Waals surface area contributed by atoms with Crippen molar-refractivity contribution in [2.24, 2.45) is 0 Å². The minimum atomic E-state index is -0.432. The summed E-state index contributed by atoms with van der Waals surface area (Å²) in [6.07, 6.45) is 2.46. The van der Waals surface area contributed by atoms with Gasteiger partial charge in [0.2, 0.25) is 5.88 Å². The van der Waals surface area contributed by atoms with E-state index in [1.807, 2.05) is 11.8 Å². The first kappa shape index (κ1) is 17.4. The fourth-order valence-corrected chi connectivity index (χ4v) is 3.78. The van der Waals surface area contributed by atoms with E-state index in [9.17, 15) is 9.18 Å². The number of pyridine rings is 2. The number of anilines is 1. The third-order valence-corrected chi connectivity index (χ3v) is 5.08. The predicted octanol–water partition coefficient (Wildman–Crippen LogP) is 3.10. The maximum atomic E-state index is 14.9. The Hall–Kier alpha value is -3.06. The van der Waals surface area contributed by atoms with Crippen LogP contribution in [-0.2, 0) is 11.3 Å². The third kappa shape index (κ3) is 2.54. The smallest absolute Gasteiger partial charge is 0.221 e. The summed E-state index contributed by atoms with van der Waals surface area (Å²) >= 11 is 0. The highest BCUT2D eigenvalue weighted by Gasteiger charge is 2.33. The van der Waals surface area contributed by atoms with Crippen LogP contribution in [0.5, 0.6) is 5.88 Å². The lowest BCUT2D eigenvalue weighted by molar-refractivity contribution is -0.112. The van der Waals surface area contributed by atoms with Gasteiger partial charge in [-0.25, -0.2) is 9.37 Å². The molecular formula is C20H19FN4O2. The zero-order chi connectivity index (χ0) is 19.1. The van der Waals surface area contributed by atoms with E-state index in [0.717, 1.165) is 11.8 Å². The molecule has 1 aliphatic heterocycles. The molecular weight excluding hydrogens is 347 g/mol. The highest BCUT2D eigenvalue weighted by Crippen LogP contribution is 2.42. The molecule has 0 radical (unpaired) electrons. The van der Waals surface area contributed by atoms with Gasteiger partial charge in [0.15, 0.2) is 0 Å². The van der Waals surface area contributed by atoms with E-state index in [4.69, 9.17) is 15.5 Å². The van der Waals surface area contributed by atoms with Crippen LogP contribution in [0.2, 0.25) is 0 Å². The maximum Gasteiger partial charge on any atom is 0.221 e. The van der Waals surface area contributed by atoms with Crippen molar-refractivity contribution in [1.29, 1.82) is 0 Å². The molecule has 1 atom stereocenters. The van der Waals surface area contributed by atoms with Crippen molar-refractivity contribution >= 4 is 22.9 Å². The number of rotatable bonds is 4. The van der Waals surface area contributed by atoms with E-state index in [0.29, 0.717) is 52.4 Å². The molecule has 1 aromatic carbocycles. The summed E-state index contributed by atoms with van der Waals surface area (Å²) in [5.74, 6) is -0.122. The van der Waals surface area contributed by atoms with Gasteiger partial charge in [-0.15, -0.1) is 0 Å². The standard InChI is InChI=1S/C20H19FN4O2/c1-3-25-9-14-17(15(25)10-26)18(22)12-6-7-13(21)16(19(12)24-14)11-5-4-8-23-20(11)27-2/h4-8,10,15H,3,9H2,1-2H3,(H2,22,24). The summed E-state index contributed by atoms with van der Waals surface area (Å²) in [5.41, 5.74) is 9.56. The van der Waals surface area contributed by atoms with Gasteiger partial charge in [-0.3, -0.25) is 9.88 Å². The van der Waals surface area contributed by atoms with Gasteiger partial charge in [-0.2, -0.15) is 0 Å². The van der Waals surface area contributed by atoms with Crippen LogP contribution in [0.15, 0.2) is 30.5 Å². The van der Waals surface area contributed by atoms with Gasteiger partial charge in [-0.05, 0) is 30.8 Å². The molecule has 3 aromatic rings. The second kappa shape index (κ2) is 6.59. The Bertz CT molecular complexity index is 1050. The third-order valence-electron chi connectivity index (χ3n) is 5.08. The zero-order valence-electron chi connectivity index (χ0n) is 15.1. The molecule has 27 heavy (non-hydrogen) atoms. The fraction of sp³-hybridized carbons (Fsp3) is 0.250. The van der Waals surface area contributed by atoms with Crippen LogP contribution in [0.25, 0.3) is 22.0 Å². The van der Waals surface area contributed by atoms with Crippen molar-refractivity contribution in [3.8, 4) is 17.0 Å². The number of nitrogens with zero attached hydrogens (tertiary/aromatic N) is 3. The summed E-state index contributed by atoms with van der Waals surface area (Å²) in [4.78, 5) is 22.5. The summed E-state index contributed by atoms with van der Waals surface area (Å²) < 4.78 is 20.2. The number of ether oxygens (including phenoxy) is 1. The Morgan fingerprint density at radius 3 is 2.93 bits per heavy atom. The molecule has 2 aromatic heterocycles. The normalized spacial score (nSPS) is 16.5. The van der Waals surface area contributed by atoms with Crippen LogP contribution in [-0.4, -0.2) is 34.8 Å². The second-order valence-electron chi connectivity index (χ2n) is 6.41. The average molecular weight is 366 g/mol. The number of nitrogen functional groups attached to an aromatic ring is 1. The lowest BCUT2D eigenvalue weighted by Gasteiger charge is -2.18. The number of nitrogens with two attached hydrogens (primary N) is 1. The number of methoxy groups -OCH3 is 1. The Morgan fingerprint density at radius 1 is 1.41 bits per heavy atom. The van der Waals surface area contributed by atoms with E-state index < -0.39 is 11.9 Å². The predicted molar refractivity (Wildman–Crippen MR) is 101 cm³/mol. The van der Waals surface area contributed by atoms with Crippen molar-refractivity contribution < 1.29 is 13.9 Å². The summed E-state index contributed by atoms with van der Waals surface area (Å²) in [5, 5.41) is 0.612. The number of likely N-dealkylation sites (N-methyl/N-ethyl adjacent to an activating group) is 1. The van der Waals surface area contributed by atoms with E-state index in [1.54, 1.807) is 24.4 Å². The number of carbonyl (C=O) groups excluding carboxylic acids is 1. The number of fused-ring (bicyclic) bond motifs is 2. The highest BCUT2D eigenvalue weighted by atomic mass is 19.1. The van der Waals surface area contributed by atoms with Crippen LogP contribution < -0.4 is 10.5 Å². The quantitative estimate of drug-likeness (QED) is 0.715. The summed E-state index contributed by atoms with van der Waals surface area (Å²) in [7, 11) is 1.49. The summed E-state index contributed by atoms with van der Waals surface area (Å²) in [6, 6.07) is 5.99. The molecule has 6 nitrogen and oxygen atoms in total. The van der Waals surface area contributed by atoms with Crippen molar-refractivity contribution in [3.63, 3.8) is 0 Å². The zero-order valence-corrected chi connectivity index (χ0v) is 15.1. The van der Waals surface area contributed by atoms with Gasteiger partial charge in [-0.1, -0.05) is 6.92 Å². The minimum absolute atomic E-state index is 0.296. The van der Waals surface area contributed by atoms with Crippen molar-refractivity contribution in [3.05, 3.63) is 47.5 Å². The molecule has 4 rings (SSSR count). The second-order valence-corrected chi connectivity index (χ2v) is 6.41. The molecule has 0 saturated carbocycles. The Morgan fingerprint density at radius 2 is 2.22 bits per heavy atom. The molecule has 7 heteroatoms. The van der Waals surface area contributed by atoms with E-state index in [-0.39, 0.29) is 0 Å². The van der Waals surface area contributed by atoms with Gasteiger partial charge in [0.05, 0.1) is 24.4 Å². The molecule has 0 spiro atoms. The number of benzene rings is 1. The van der Waals surface area contributed by atoms with Crippen LogP contribution in [0.1, 0.15) is 24.2 Å². The van der Waals surface area contributed by atoms with Crippen LogP contribution in [0, 0.1) is 5.82 Å². The molecule has 2 N–H and O–H groups in total. The molecule has 0 bridgehead atoms. The van der Waals surface area contributed by atoms with Gasteiger partial charge in [0.1, 0.15) is 12.1 Å². The van der Waals surface area contributed by atoms with E-state index in [2.05, 4.69) is 4.98 Å².